The van der Waals surface area contributed by atoms with Gasteiger partial charge in [-0.1, -0.05) is 36.2 Å². The maximum absolute atomic E-state index is 6.11. The summed E-state index contributed by atoms with van der Waals surface area (Å²) in [5, 5.41) is 1.54. The Morgan fingerprint density at radius 1 is 1.20 bits per heavy atom. The van der Waals surface area contributed by atoms with Crippen LogP contribution in [0, 0.1) is 5.92 Å². The van der Waals surface area contributed by atoms with Crippen molar-refractivity contribution in [3.8, 4) is 0 Å². The summed E-state index contributed by atoms with van der Waals surface area (Å²) in [6, 6.07) is 5.67. The molecule has 84 valence electrons. The van der Waals surface area contributed by atoms with Crippen LogP contribution in [0.15, 0.2) is 18.2 Å². The molecule has 0 N–H and O–H groups in total. The highest BCUT2D eigenvalue weighted by molar-refractivity contribution is 6.35. The first-order valence-electron chi connectivity index (χ1n) is 5.08. The van der Waals surface area contributed by atoms with E-state index >= 15 is 0 Å². The highest BCUT2D eigenvalue weighted by atomic mass is 35.5. The third-order valence-electron chi connectivity index (χ3n) is 2.29. The van der Waals surface area contributed by atoms with Crippen molar-refractivity contribution in [2.75, 3.05) is 20.6 Å². The quantitative estimate of drug-likeness (QED) is 0.782. The molecule has 0 spiro atoms. The Kier molecular flexibility index (Phi) is 4.91. The summed E-state index contributed by atoms with van der Waals surface area (Å²) in [4.78, 5) is 2.18. The molecule has 0 aliphatic heterocycles. The number of rotatable bonds is 4. The Hall–Kier alpha value is -0.240. The third kappa shape index (κ3) is 4.02. The molecule has 15 heavy (non-hydrogen) atoms. The van der Waals surface area contributed by atoms with E-state index in [2.05, 4.69) is 25.9 Å². The SMILES string of the molecule is CC(Cc1c(Cl)cccc1Cl)CN(C)C. The van der Waals surface area contributed by atoms with Crippen molar-refractivity contribution in [1.29, 1.82) is 0 Å². The summed E-state index contributed by atoms with van der Waals surface area (Å²) in [5.74, 6) is 0.553. The molecular formula is C12H17Cl2N. The van der Waals surface area contributed by atoms with Crippen molar-refractivity contribution >= 4 is 23.2 Å². The molecule has 0 bridgehead atoms. The molecule has 1 unspecified atom stereocenters. The number of hydrogen-bond acceptors (Lipinski definition) is 1. The number of nitrogens with zero attached hydrogens (tertiary/aromatic N) is 1. The van der Waals surface area contributed by atoms with Gasteiger partial charge in [0.1, 0.15) is 0 Å². The van der Waals surface area contributed by atoms with Gasteiger partial charge in [-0.05, 0) is 44.1 Å². The van der Waals surface area contributed by atoms with Gasteiger partial charge in [0.15, 0.2) is 0 Å². The van der Waals surface area contributed by atoms with Crippen molar-refractivity contribution < 1.29 is 0 Å². The van der Waals surface area contributed by atoms with Crippen molar-refractivity contribution in [2.45, 2.75) is 13.3 Å². The molecule has 1 aromatic carbocycles. The molecule has 0 fully saturated rings. The Labute approximate surface area is 102 Å². The van der Waals surface area contributed by atoms with Crippen LogP contribution in [0.4, 0.5) is 0 Å². The largest absolute Gasteiger partial charge is 0.309 e. The van der Waals surface area contributed by atoms with E-state index in [0.29, 0.717) is 5.92 Å². The topological polar surface area (TPSA) is 3.24 Å². The number of benzene rings is 1. The lowest BCUT2D eigenvalue weighted by atomic mass is 10.0. The van der Waals surface area contributed by atoms with Gasteiger partial charge in [-0.15, -0.1) is 0 Å². The number of halogens is 2. The molecular weight excluding hydrogens is 229 g/mol. The lowest BCUT2D eigenvalue weighted by Crippen LogP contribution is -2.21. The summed E-state index contributed by atoms with van der Waals surface area (Å²) >= 11 is 12.2. The zero-order valence-corrected chi connectivity index (χ0v) is 10.9. The molecule has 0 heterocycles. The van der Waals surface area contributed by atoms with E-state index in [-0.39, 0.29) is 0 Å². The first kappa shape index (κ1) is 12.8. The summed E-state index contributed by atoms with van der Waals surface area (Å²) in [6.45, 7) is 3.25. The van der Waals surface area contributed by atoms with Crippen molar-refractivity contribution in [1.82, 2.24) is 4.90 Å². The molecule has 1 aromatic rings. The summed E-state index contributed by atoms with van der Waals surface area (Å²) in [5.41, 5.74) is 1.06. The summed E-state index contributed by atoms with van der Waals surface area (Å²) < 4.78 is 0. The molecule has 0 saturated heterocycles. The molecule has 1 nitrogen and oxygen atoms in total. The highest BCUT2D eigenvalue weighted by Gasteiger charge is 2.10. The standard InChI is InChI=1S/C12H17Cl2N/c1-9(8-15(2)3)7-10-11(13)5-4-6-12(10)14/h4-6,9H,7-8H2,1-3H3. The minimum atomic E-state index is 0.553. The smallest absolute Gasteiger partial charge is 0.0452 e. The highest BCUT2D eigenvalue weighted by Crippen LogP contribution is 2.26. The van der Waals surface area contributed by atoms with E-state index in [1.54, 1.807) is 0 Å². The van der Waals surface area contributed by atoms with Crippen LogP contribution in [-0.4, -0.2) is 25.5 Å². The summed E-state index contributed by atoms with van der Waals surface area (Å²) in [7, 11) is 4.15. The average molecular weight is 246 g/mol. The maximum atomic E-state index is 6.11. The van der Waals surface area contributed by atoms with Gasteiger partial charge in [0, 0.05) is 16.6 Å². The lowest BCUT2D eigenvalue weighted by Gasteiger charge is -2.18. The van der Waals surface area contributed by atoms with Gasteiger partial charge >= 0.3 is 0 Å². The Bertz CT molecular complexity index is 303. The van der Waals surface area contributed by atoms with Gasteiger partial charge < -0.3 is 4.90 Å². The molecule has 0 radical (unpaired) electrons. The monoisotopic (exact) mass is 245 g/mol. The molecule has 1 atom stereocenters. The van der Waals surface area contributed by atoms with Crippen LogP contribution in [0.5, 0.6) is 0 Å². The first-order chi connectivity index (χ1) is 7.00. The second kappa shape index (κ2) is 5.74. The molecule has 1 rings (SSSR count). The van der Waals surface area contributed by atoms with Gasteiger partial charge in [-0.2, -0.15) is 0 Å². The Morgan fingerprint density at radius 3 is 2.20 bits per heavy atom. The normalized spacial score (nSPS) is 13.2. The van der Waals surface area contributed by atoms with Crippen LogP contribution >= 0.6 is 23.2 Å². The molecule has 3 heteroatoms. The second-order valence-electron chi connectivity index (χ2n) is 4.27. The van der Waals surface area contributed by atoms with Crippen molar-refractivity contribution in [2.24, 2.45) is 5.92 Å². The second-order valence-corrected chi connectivity index (χ2v) is 5.09. The fraction of sp³-hybridized carbons (Fsp3) is 0.500. The van der Waals surface area contributed by atoms with Gasteiger partial charge in [0.05, 0.1) is 0 Å². The van der Waals surface area contributed by atoms with Crippen molar-refractivity contribution in [3.05, 3.63) is 33.8 Å². The van der Waals surface area contributed by atoms with Crippen molar-refractivity contribution in [3.63, 3.8) is 0 Å². The van der Waals surface area contributed by atoms with Gasteiger partial charge in [-0.25, -0.2) is 0 Å². The molecule has 0 aliphatic carbocycles. The van der Waals surface area contributed by atoms with E-state index in [1.807, 2.05) is 18.2 Å². The maximum Gasteiger partial charge on any atom is 0.0452 e. The van der Waals surface area contributed by atoms with Crippen LogP contribution in [0.1, 0.15) is 12.5 Å². The molecule has 0 aromatic heterocycles. The fourth-order valence-electron chi connectivity index (χ4n) is 1.76. The van der Waals surface area contributed by atoms with Gasteiger partial charge in [0.2, 0.25) is 0 Å². The zero-order chi connectivity index (χ0) is 11.4. The van der Waals surface area contributed by atoms with Crippen LogP contribution in [0.25, 0.3) is 0 Å². The van der Waals surface area contributed by atoms with E-state index < -0.39 is 0 Å². The predicted octanol–water partition coefficient (Wildman–Crippen LogP) is 3.73. The van der Waals surface area contributed by atoms with Crippen LogP contribution < -0.4 is 0 Å². The van der Waals surface area contributed by atoms with E-state index in [1.165, 1.54) is 0 Å². The predicted molar refractivity (Wildman–Crippen MR) is 67.9 cm³/mol. The number of hydrogen-bond donors (Lipinski definition) is 0. The molecule has 0 aliphatic rings. The van der Waals surface area contributed by atoms with E-state index in [9.17, 15) is 0 Å². The lowest BCUT2D eigenvalue weighted by molar-refractivity contribution is 0.338. The minimum Gasteiger partial charge on any atom is -0.309 e. The van der Waals surface area contributed by atoms with Crippen LogP contribution in [0.2, 0.25) is 10.0 Å². The van der Waals surface area contributed by atoms with E-state index in [0.717, 1.165) is 28.6 Å². The summed E-state index contributed by atoms with van der Waals surface area (Å²) in [6.07, 6.45) is 0.927. The third-order valence-corrected chi connectivity index (χ3v) is 3.00. The Balaban J connectivity index is 2.71. The molecule has 0 amide bonds. The first-order valence-corrected chi connectivity index (χ1v) is 5.84. The van der Waals surface area contributed by atoms with Crippen LogP contribution in [0.3, 0.4) is 0 Å². The van der Waals surface area contributed by atoms with Gasteiger partial charge in [0.25, 0.3) is 0 Å². The molecule has 0 saturated carbocycles. The Morgan fingerprint density at radius 2 is 1.73 bits per heavy atom. The fourth-order valence-corrected chi connectivity index (χ4v) is 2.32. The minimum absolute atomic E-state index is 0.553. The van der Waals surface area contributed by atoms with E-state index in [4.69, 9.17) is 23.2 Å². The average Bonchev–Trinajstić information content (AvgIpc) is 2.10. The van der Waals surface area contributed by atoms with Gasteiger partial charge in [-0.3, -0.25) is 0 Å². The van der Waals surface area contributed by atoms with Crippen LogP contribution in [-0.2, 0) is 6.42 Å². The zero-order valence-electron chi connectivity index (χ0n) is 9.43.